The maximum absolute atomic E-state index is 11.4. The van der Waals surface area contributed by atoms with Gasteiger partial charge < -0.3 is 14.2 Å². The van der Waals surface area contributed by atoms with Gasteiger partial charge in [-0.25, -0.2) is 0 Å². The van der Waals surface area contributed by atoms with Gasteiger partial charge in [-0.2, -0.15) is 0 Å². The maximum Gasteiger partial charge on any atom is 0.252 e. The van der Waals surface area contributed by atoms with E-state index < -0.39 is 6.41 Å². The van der Waals surface area contributed by atoms with Crippen molar-refractivity contribution in [1.82, 2.24) is 4.90 Å². The molecule has 0 aromatic heterocycles. The highest BCUT2D eigenvalue weighted by atomic mass is 16.7. The zero-order chi connectivity index (χ0) is 10.4. The Bertz CT molecular complexity index is 180. The van der Waals surface area contributed by atoms with E-state index in [9.17, 15) is 4.79 Å². The molecule has 1 saturated heterocycles. The van der Waals surface area contributed by atoms with E-state index in [4.69, 9.17) is 14.2 Å². The number of ether oxygens (including phenoxy) is 3. The van der Waals surface area contributed by atoms with Crippen LogP contribution < -0.4 is 0 Å². The van der Waals surface area contributed by atoms with Crippen molar-refractivity contribution in [2.45, 2.75) is 20.3 Å². The Morgan fingerprint density at radius 2 is 2.07 bits per heavy atom. The van der Waals surface area contributed by atoms with Crippen molar-refractivity contribution in [2.24, 2.45) is 0 Å². The third-order valence-corrected chi connectivity index (χ3v) is 1.90. The van der Waals surface area contributed by atoms with Crippen molar-refractivity contribution in [2.75, 3.05) is 33.0 Å². The SMILES string of the molecule is CCOC(OCC)N1CCOCC1=O. The van der Waals surface area contributed by atoms with Gasteiger partial charge in [0, 0.05) is 19.8 Å². The first-order valence-corrected chi connectivity index (χ1v) is 4.90. The summed E-state index contributed by atoms with van der Waals surface area (Å²) in [4.78, 5) is 13.0. The lowest BCUT2D eigenvalue weighted by Crippen LogP contribution is -2.50. The van der Waals surface area contributed by atoms with Crippen LogP contribution >= 0.6 is 0 Å². The third kappa shape index (κ3) is 2.94. The standard InChI is InChI=1S/C9H17NO4/c1-3-13-9(14-4-2)10-5-6-12-7-8(10)11/h9H,3-7H2,1-2H3. The molecular formula is C9H17NO4. The molecule has 0 aromatic carbocycles. The van der Waals surface area contributed by atoms with Crippen LogP contribution in [-0.4, -0.2) is 50.2 Å². The summed E-state index contributed by atoms with van der Waals surface area (Å²) in [6.45, 7) is 5.99. The molecule has 82 valence electrons. The Kier molecular flexibility index (Phi) is 4.86. The van der Waals surface area contributed by atoms with E-state index in [-0.39, 0.29) is 12.5 Å². The molecule has 1 fully saturated rings. The Morgan fingerprint density at radius 1 is 1.43 bits per heavy atom. The Hall–Kier alpha value is -0.650. The summed E-state index contributed by atoms with van der Waals surface area (Å²) in [5.74, 6) is -0.0804. The first kappa shape index (κ1) is 11.4. The summed E-state index contributed by atoms with van der Waals surface area (Å²) in [5.41, 5.74) is 0. The molecule has 1 amide bonds. The first-order valence-electron chi connectivity index (χ1n) is 4.90. The second-order valence-corrected chi connectivity index (χ2v) is 2.86. The minimum absolute atomic E-state index is 0.0804. The lowest BCUT2D eigenvalue weighted by Gasteiger charge is -2.33. The van der Waals surface area contributed by atoms with Gasteiger partial charge in [0.25, 0.3) is 5.91 Å². The zero-order valence-corrected chi connectivity index (χ0v) is 8.69. The summed E-state index contributed by atoms with van der Waals surface area (Å²) >= 11 is 0. The van der Waals surface area contributed by atoms with Crippen LogP contribution in [0.2, 0.25) is 0 Å². The molecule has 1 aliphatic rings. The molecule has 0 atom stereocenters. The van der Waals surface area contributed by atoms with Crippen LogP contribution in [0.5, 0.6) is 0 Å². The molecule has 0 radical (unpaired) electrons. The summed E-state index contributed by atoms with van der Waals surface area (Å²) in [5, 5.41) is 0. The first-order chi connectivity index (χ1) is 6.79. The number of rotatable bonds is 5. The Labute approximate surface area is 83.9 Å². The summed E-state index contributed by atoms with van der Waals surface area (Å²) in [7, 11) is 0. The largest absolute Gasteiger partial charge is 0.370 e. The number of morpholine rings is 1. The van der Waals surface area contributed by atoms with E-state index in [0.717, 1.165) is 0 Å². The zero-order valence-electron chi connectivity index (χ0n) is 8.69. The second kappa shape index (κ2) is 5.95. The molecule has 0 N–H and O–H groups in total. The average molecular weight is 203 g/mol. The molecule has 0 unspecified atom stereocenters. The second-order valence-electron chi connectivity index (χ2n) is 2.86. The van der Waals surface area contributed by atoms with Crippen molar-refractivity contribution in [3.8, 4) is 0 Å². The van der Waals surface area contributed by atoms with Crippen molar-refractivity contribution < 1.29 is 19.0 Å². The fourth-order valence-corrected chi connectivity index (χ4v) is 1.27. The van der Waals surface area contributed by atoms with Gasteiger partial charge in [0.2, 0.25) is 6.41 Å². The fourth-order valence-electron chi connectivity index (χ4n) is 1.27. The van der Waals surface area contributed by atoms with Crippen molar-refractivity contribution in [3.05, 3.63) is 0 Å². The number of hydrogen-bond acceptors (Lipinski definition) is 4. The van der Waals surface area contributed by atoms with Crippen LogP contribution in [0.25, 0.3) is 0 Å². The average Bonchev–Trinajstić information content (AvgIpc) is 2.18. The molecule has 5 heteroatoms. The molecule has 1 heterocycles. The monoisotopic (exact) mass is 203 g/mol. The Balaban J connectivity index is 2.50. The molecular weight excluding hydrogens is 186 g/mol. The van der Waals surface area contributed by atoms with E-state index in [2.05, 4.69) is 0 Å². The summed E-state index contributed by atoms with van der Waals surface area (Å²) in [6, 6.07) is 0. The quantitative estimate of drug-likeness (QED) is 0.599. The van der Waals surface area contributed by atoms with Crippen LogP contribution in [0, 0.1) is 0 Å². The Morgan fingerprint density at radius 3 is 2.57 bits per heavy atom. The van der Waals surface area contributed by atoms with E-state index in [1.54, 1.807) is 4.90 Å². The molecule has 1 aliphatic heterocycles. The molecule has 0 saturated carbocycles. The van der Waals surface area contributed by atoms with Crippen molar-refractivity contribution in [3.63, 3.8) is 0 Å². The summed E-state index contributed by atoms with van der Waals surface area (Å²) < 4.78 is 15.7. The number of hydrogen-bond donors (Lipinski definition) is 0. The molecule has 14 heavy (non-hydrogen) atoms. The minimum atomic E-state index is -0.554. The van der Waals surface area contributed by atoms with Gasteiger partial charge in [-0.15, -0.1) is 0 Å². The number of carbonyl (C=O) groups excluding carboxylic acids is 1. The summed E-state index contributed by atoms with van der Waals surface area (Å²) in [6.07, 6.45) is -0.554. The fraction of sp³-hybridized carbons (Fsp3) is 0.889. The minimum Gasteiger partial charge on any atom is -0.370 e. The highest BCUT2D eigenvalue weighted by Gasteiger charge is 2.27. The molecule has 0 aliphatic carbocycles. The maximum atomic E-state index is 11.4. The lowest BCUT2D eigenvalue weighted by molar-refractivity contribution is -0.230. The van der Waals surface area contributed by atoms with Crippen LogP contribution in [0.4, 0.5) is 0 Å². The smallest absolute Gasteiger partial charge is 0.252 e. The van der Waals surface area contributed by atoms with Crippen LogP contribution in [0.3, 0.4) is 0 Å². The van der Waals surface area contributed by atoms with Gasteiger partial charge in [0.05, 0.1) is 6.61 Å². The van der Waals surface area contributed by atoms with E-state index in [1.165, 1.54) is 0 Å². The molecule has 0 bridgehead atoms. The van der Waals surface area contributed by atoms with Crippen molar-refractivity contribution in [1.29, 1.82) is 0 Å². The van der Waals surface area contributed by atoms with Gasteiger partial charge in [-0.05, 0) is 13.8 Å². The number of nitrogens with zero attached hydrogens (tertiary/aromatic N) is 1. The topological polar surface area (TPSA) is 48.0 Å². The normalized spacial score (nSPS) is 17.9. The van der Waals surface area contributed by atoms with Gasteiger partial charge >= 0.3 is 0 Å². The predicted octanol–water partition coefficient (Wildman–Crippen LogP) is 0.202. The highest BCUT2D eigenvalue weighted by Crippen LogP contribution is 2.08. The number of carbonyl (C=O) groups is 1. The van der Waals surface area contributed by atoms with Crippen LogP contribution in [0.1, 0.15) is 13.8 Å². The molecule has 0 spiro atoms. The van der Waals surface area contributed by atoms with Gasteiger partial charge in [0.15, 0.2) is 0 Å². The third-order valence-electron chi connectivity index (χ3n) is 1.90. The molecule has 1 rings (SSSR count). The van der Waals surface area contributed by atoms with Crippen molar-refractivity contribution >= 4 is 5.91 Å². The van der Waals surface area contributed by atoms with Crippen LogP contribution in [0.15, 0.2) is 0 Å². The van der Waals surface area contributed by atoms with Gasteiger partial charge in [-0.1, -0.05) is 0 Å². The molecule has 5 nitrogen and oxygen atoms in total. The van der Waals surface area contributed by atoms with E-state index in [1.807, 2.05) is 13.8 Å². The number of amides is 1. The lowest BCUT2D eigenvalue weighted by atomic mass is 10.4. The van der Waals surface area contributed by atoms with Gasteiger partial charge in [-0.3, -0.25) is 9.69 Å². The predicted molar refractivity (Wildman–Crippen MR) is 49.6 cm³/mol. The van der Waals surface area contributed by atoms with Gasteiger partial charge in [0.1, 0.15) is 6.61 Å². The van der Waals surface area contributed by atoms with Crippen LogP contribution in [-0.2, 0) is 19.0 Å². The van der Waals surface area contributed by atoms with E-state index in [0.29, 0.717) is 26.4 Å². The van der Waals surface area contributed by atoms with E-state index >= 15 is 0 Å². The highest BCUT2D eigenvalue weighted by molar-refractivity contribution is 5.78. The molecule has 0 aromatic rings.